The molecule has 1 unspecified atom stereocenters. The van der Waals surface area contributed by atoms with Gasteiger partial charge >= 0.3 is 0 Å². The highest BCUT2D eigenvalue weighted by atomic mass is 32.2. The molecule has 0 aromatic carbocycles. The lowest BCUT2D eigenvalue weighted by Crippen LogP contribution is -2.20. The number of thioether (sulfide) groups is 1. The van der Waals surface area contributed by atoms with Crippen molar-refractivity contribution in [2.45, 2.75) is 45.6 Å². The topological polar surface area (TPSA) is 26.0 Å². The van der Waals surface area contributed by atoms with Gasteiger partial charge in [0.15, 0.2) is 0 Å². The Labute approximate surface area is 81.5 Å². The standard InChI is InChI=1S/C10H23NS/c1-9(2)5-4-6-10(11)7-8-12-3/h9-10H,4-8,11H2,1-3H3. The van der Waals surface area contributed by atoms with Crippen molar-refractivity contribution in [1.29, 1.82) is 0 Å². The smallest absolute Gasteiger partial charge is 0.00466 e. The number of hydrogen-bond acceptors (Lipinski definition) is 2. The minimum absolute atomic E-state index is 0.441. The molecular formula is C10H23NS. The van der Waals surface area contributed by atoms with Gasteiger partial charge in [0.2, 0.25) is 0 Å². The first-order chi connectivity index (χ1) is 5.66. The van der Waals surface area contributed by atoms with Crippen LogP contribution in [0.2, 0.25) is 0 Å². The molecule has 1 atom stereocenters. The summed E-state index contributed by atoms with van der Waals surface area (Å²) in [5.74, 6) is 2.04. The Kier molecular flexibility index (Phi) is 8.14. The van der Waals surface area contributed by atoms with Gasteiger partial charge < -0.3 is 5.73 Å². The molecule has 0 spiro atoms. The highest BCUT2D eigenvalue weighted by Gasteiger charge is 2.02. The largest absolute Gasteiger partial charge is 0.328 e. The summed E-state index contributed by atoms with van der Waals surface area (Å²) in [5, 5.41) is 0. The Morgan fingerprint density at radius 2 is 1.83 bits per heavy atom. The van der Waals surface area contributed by atoms with Crippen LogP contribution in [0.25, 0.3) is 0 Å². The van der Waals surface area contributed by atoms with Gasteiger partial charge in [-0.1, -0.05) is 26.7 Å². The Morgan fingerprint density at radius 1 is 1.17 bits per heavy atom. The molecule has 2 heteroatoms. The van der Waals surface area contributed by atoms with Gasteiger partial charge in [-0.05, 0) is 30.8 Å². The van der Waals surface area contributed by atoms with Crippen molar-refractivity contribution in [3.8, 4) is 0 Å². The summed E-state index contributed by atoms with van der Waals surface area (Å²) < 4.78 is 0. The van der Waals surface area contributed by atoms with E-state index in [1.807, 2.05) is 11.8 Å². The monoisotopic (exact) mass is 189 g/mol. The van der Waals surface area contributed by atoms with Crippen molar-refractivity contribution in [2.75, 3.05) is 12.0 Å². The third-order valence-electron chi connectivity index (χ3n) is 2.05. The van der Waals surface area contributed by atoms with Gasteiger partial charge in [0.25, 0.3) is 0 Å². The van der Waals surface area contributed by atoms with Crippen LogP contribution >= 0.6 is 11.8 Å². The Bertz CT molecular complexity index is 93.8. The molecule has 0 aliphatic heterocycles. The normalized spacial score (nSPS) is 13.8. The van der Waals surface area contributed by atoms with Gasteiger partial charge in [0, 0.05) is 6.04 Å². The second kappa shape index (κ2) is 7.93. The fourth-order valence-electron chi connectivity index (χ4n) is 1.20. The molecule has 0 bridgehead atoms. The molecule has 74 valence electrons. The van der Waals surface area contributed by atoms with Crippen LogP contribution in [-0.2, 0) is 0 Å². The van der Waals surface area contributed by atoms with Gasteiger partial charge in [0.05, 0.1) is 0 Å². The molecule has 0 aromatic heterocycles. The molecule has 1 nitrogen and oxygen atoms in total. The second-order valence-corrected chi connectivity index (χ2v) is 4.85. The molecule has 12 heavy (non-hydrogen) atoms. The van der Waals surface area contributed by atoms with Crippen LogP contribution in [0, 0.1) is 5.92 Å². The average molecular weight is 189 g/mol. The third kappa shape index (κ3) is 8.41. The Morgan fingerprint density at radius 3 is 2.33 bits per heavy atom. The van der Waals surface area contributed by atoms with Gasteiger partial charge in [-0.2, -0.15) is 11.8 Å². The van der Waals surface area contributed by atoms with E-state index in [0.29, 0.717) is 6.04 Å². The summed E-state index contributed by atoms with van der Waals surface area (Å²) in [4.78, 5) is 0. The zero-order valence-corrected chi connectivity index (χ0v) is 9.49. The fourth-order valence-corrected chi connectivity index (χ4v) is 1.74. The summed E-state index contributed by atoms with van der Waals surface area (Å²) in [6.07, 6.45) is 7.15. The number of rotatable bonds is 7. The minimum Gasteiger partial charge on any atom is -0.328 e. The average Bonchev–Trinajstić information content (AvgIpc) is 2.00. The maximum Gasteiger partial charge on any atom is 0.00466 e. The number of nitrogens with two attached hydrogens (primary N) is 1. The minimum atomic E-state index is 0.441. The number of hydrogen-bond donors (Lipinski definition) is 1. The van der Waals surface area contributed by atoms with E-state index in [4.69, 9.17) is 5.73 Å². The first-order valence-electron chi connectivity index (χ1n) is 4.91. The van der Waals surface area contributed by atoms with Gasteiger partial charge in [-0.3, -0.25) is 0 Å². The van der Waals surface area contributed by atoms with Crippen LogP contribution < -0.4 is 5.73 Å². The molecule has 0 saturated carbocycles. The highest BCUT2D eigenvalue weighted by molar-refractivity contribution is 7.98. The first kappa shape index (κ1) is 12.3. The molecular weight excluding hydrogens is 166 g/mol. The maximum absolute atomic E-state index is 5.93. The van der Waals surface area contributed by atoms with Crippen LogP contribution in [0.4, 0.5) is 0 Å². The molecule has 0 amide bonds. The zero-order chi connectivity index (χ0) is 9.40. The molecule has 0 aliphatic carbocycles. The second-order valence-electron chi connectivity index (χ2n) is 3.87. The van der Waals surface area contributed by atoms with Gasteiger partial charge in [0.1, 0.15) is 0 Å². The summed E-state index contributed by atoms with van der Waals surface area (Å²) in [6, 6.07) is 0.441. The molecule has 0 fully saturated rings. The van der Waals surface area contributed by atoms with Crippen molar-refractivity contribution in [1.82, 2.24) is 0 Å². The van der Waals surface area contributed by atoms with E-state index in [2.05, 4.69) is 20.1 Å². The lowest BCUT2D eigenvalue weighted by atomic mass is 10.0. The first-order valence-corrected chi connectivity index (χ1v) is 6.30. The summed E-state index contributed by atoms with van der Waals surface area (Å²) >= 11 is 1.89. The summed E-state index contributed by atoms with van der Waals surface area (Å²) in [6.45, 7) is 4.54. The molecule has 0 radical (unpaired) electrons. The van der Waals surface area contributed by atoms with Crippen molar-refractivity contribution >= 4 is 11.8 Å². The molecule has 0 aliphatic rings. The van der Waals surface area contributed by atoms with Crippen LogP contribution in [0.1, 0.15) is 39.5 Å². The van der Waals surface area contributed by atoms with E-state index in [1.165, 1.54) is 31.4 Å². The van der Waals surface area contributed by atoms with Gasteiger partial charge in [-0.25, -0.2) is 0 Å². The lowest BCUT2D eigenvalue weighted by Gasteiger charge is -2.11. The van der Waals surface area contributed by atoms with Crippen LogP contribution in [0.3, 0.4) is 0 Å². The van der Waals surface area contributed by atoms with E-state index < -0.39 is 0 Å². The van der Waals surface area contributed by atoms with Crippen molar-refractivity contribution in [3.63, 3.8) is 0 Å². The maximum atomic E-state index is 5.93. The van der Waals surface area contributed by atoms with Gasteiger partial charge in [-0.15, -0.1) is 0 Å². The van der Waals surface area contributed by atoms with E-state index in [0.717, 1.165) is 5.92 Å². The predicted molar refractivity (Wildman–Crippen MR) is 59.7 cm³/mol. The van der Waals surface area contributed by atoms with Crippen LogP contribution in [-0.4, -0.2) is 18.1 Å². The van der Waals surface area contributed by atoms with Crippen molar-refractivity contribution < 1.29 is 0 Å². The highest BCUT2D eigenvalue weighted by Crippen LogP contribution is 2.10. The van der Waals surface area contributed by atoms with Crippen LogP contribution in [0.5, 0.6) is 0 Å². The fraction of sp³-hybridized carbons (Fsp3) is 1.00. The third-order valence-corrected chi connectivity index (χ3v) is 2.69. The summed E-state index contributed by atoms with van der Waals surface area (Å²) in [7, 11) is 0. The molecule has 2 N–H and O–H groups in total. The van der Waals surface area contributed by atoms with E-state index in [1.54, 1.807) is 0 Å². The zero-order valence-electron chi connectivity index (χ0n) is 8.68. The quantitative estimate of drug-likeness (QED) is 0.666. The summed E-state index contributed by atoms with van der Waals surface area (Å²) in [5.41, 5.74) is 5.93. The van der Waals surface area contributed by atoms with E-state index >= 15 is 0 Å². The molecule has 0 heterocycles. The Balaban J connectivity index is 3.13. The van der Waals surface area contributed by atoms with E-state index in [-0.39, 0.29) is 0 Å². The Hall–Kier alpha value is 0.310. The molecule has 0 saturated heterocycles. The van der Waals surface area contributed by atoms with Crippen molar-refractivity contribution in [2.24, 2.45) is 11.7 Å². The van der Waals surface area contributed by atoms with E-state index in [9.17, 15) is 0 Å². The lowest BCUT2D eigenvalue weighted by molar-refractivity contribution is 0.493. The molecule has 0 rings (SSSR count). The SMILES string of the molecule is CSCCC(N)CCCC(C)C. The van der Waals surface area contributed by atoms with Crippen LogP contribution in [0.15, 0.2) is 0 Å². The molecule has 0 aromatic rings. The van der Waals surface area contributed by atoms with Crippen molar-refractivity contribution in [3.05, 3.63) is 0 Å². The predicted octanol–water partition coefficient (Wildman–Crippen LogP) is 2.89.